The molecular formula is C35H35BrN2O7S. The van der Waals surface area contributed by atoms with Gasteiger partial charge in [0.15, 0.2) is 27.8 Å². The van der Waals surface area contributed by atoms with Gasteiger partial charge >= 0.3 is 5.97 Å². The molecule has 5 rings (SSSR count). The first-order valence-electron chi connectivity index (χ1n) is 14.7. The summed E-state index contributed by atoms with van der Waals surface area (Å²) in [6, 6.07) is 18.1. The monoisotopic (exact) mass is 706 g/mol. The highest BCUT2D eigenvalue weighted by Crippen LogP contribution is 2.38. The van der Waals surface area contributed by atoms with Gasteiger partial charge in [-0.15, -0.1) is 0 Å². The van der Waals surface area contributed by atoms with Crippen LogP contribution in [0.5, 0.6) is 23.0 Å². The van der Waals surface area contributed by atoms with Gasteiger partial charge in [-0.3, -0.25) is 9.36 Å². The molecule has 0 N–H and O–H groups in total. The van der Waals surface area contributed by atoms with E-state index < -0.39 is 12.0 Å². The van der Waals surface area contributed by atoms with Gasteiger partial charge in [0.05, 0.1) is 53.2 Å². The fourth-order valence-corrected chi connectivity index (χ4v) is 6.78. The Bertz CT molecular complexity index is 1960. The molecule has 4 aromatic rings. The number of allylic oxidation sites excluding steroid dienone is 1. The zero-order valence-electron chi connectivity index (χ0n) is 26.5. The molecule has 1 aliphatic rings. The van der Waals surface area contributed by atoms with Crippen molar-refractivity contribution in [2.75, 3.05) is 20.8 Å². The maximum Gasteiger partial charge on any atom is 0.338 e. The van der Waals surface area contributed by atoms with Crippen molar-refractivity contribution in [1.29, 1.82) is 0 Å². The number of halogens is 1. The number of rotatable bonds is 11. The van der Waals surface area contributed by atoms with Crippen LogP contribution in [0.4, 0.5) is 0 Å². The Hall–Kier alpha value is -4.35. The van der Waals surface area contributed by atoms with Crippen molar-refractivity contribution in [3.8, 4) is 23.0 Å². The second kappa shape index (κ2) is 14.4. The van der Waals surface area contributed by atoms with Gasteiger partial charge in [-0.05, 0) is 90.7 Å². The van der Waals surface area contributed by atoms with Crippen LogP contribution in [0, 0.1) is 0 Å². The van der Waals surface area contributed by atoms with E-state index in [0.29, 0.717) is 54.7 Å². The summed E-state index contributed by atoms with van der Waals surface area (Å²) in [5.41, 5.74) is 2.85. The molecule has 0 unspecified atom stereocenters. The van der Waals surface area contributed by atoms with Crippen LogP contribution in [0.25, 0.3) is 6.08 Å². The molecule has 1 aliphatic heterocycles. The number of thiazole rings is 1. The lowest BCUT2D eigenvalue weighted by atomic mass is 9.95. The van der Waals surface area contributed by atoms with Gasteiger partial charge < -0.3 is 23.7 Å². The van der Waals surface area contributed by atoms with E-state index >= 15 is 0 Å². The summed E-state index contributed by atoms with van der Waals surface area (Å²) >= 11 is 4.86. The number of nitrogens with zero attached hydrogens (tertiary/aromatic N) is 2. The number of methoxy groups -OCH3 is 2. The topological polar surface area (TPSA) is 97.6 Å². The predicted molar refractivity (Wildman–Crippen MR) is 181 cm³/mol. The Labute approximate surface area is 279 Å². The summed E-state index contributed by atoms with van der Waals surface area (Å²) in [7, 11) is 3.12. The van der Waals surface area contributed by atoms with Crippen molar-refractivity contribution < 1.29 is 28.5 Å². The SMILES string of the molecule is CCOC(=O)C1=C(C)N=c2s/c(=C\c3cc(Br)c(OCc4ccccc4)c(OC)c3)c(=O)n2[C@@H]1c1ccc(OC(C)C)c(OC)c1. The summed E-state index contributed by atoms with van der Waals surface area (Å²) in [5.74, 6) is 1.57. The van der Waals surface area contributed by atoms with E-state index in [1.54, 1.807) is 46.3 Å². The van der Waals surface area contributed by atoms with Crippen LogP contribution in [0.15, 0.2) is 86.2 Å². The van der Waals surface area contributed by atoms with Crippen molar-refractivity contribution in [3.05, 3.63) is 113 Å². The molecule has 240 valence electrons. The van der Waals surface area contributed by atoms with Crippen LogP contribution in [0.2, 0.25) is 0 Å². The molecule has 0 aliphatic carbocycles. The highest BCUT2D eigenvalue weighted by molar-refractivity contribution is 9.10. The molecule has 1 aromatic heterocycles. The maximum absolute atomic E-state index is 14.2. The van der Waals surface area contributed by atoms with Crippen LogP contribution < -0.4 is 33.8 Å². The molecular weight excluding hydrogens is 672 g/mol. The second-order valence-electron chi connectivity index (χ2n) is 10.7. The first kappa shape index (κ1) is 33.0. The van der Waals surface area contributed by atoms with Crippen molar-refractivity contribution >= 4 is 39.3 Å². The van der Waals surface area contributed by atoms with Crippen LogP contribution in [-0.2, 0) is 16.1 Å². The highest BCUT2D eigenvalue weighted by Gasteiger charge is 2.34. The average Bonchev–Trinajstić information content (AvgIpc) is 3.33. The van der Waals surface area contributed by atoms with Gasteiger partial charge in [0.2, 0.25) is 0 Å². The van der Waals surface area contributed by atoms with Gasteiger partial charge in [0, 0.05) is 0 Å². The Balaban J connectivity index is 1.61. The summed E-state index contributed by atoms with van der Waals surface area (Å²) in [6.07, 6.45) is 1.70. The Morgan fingerprint density at radius 1 is 1.04 bits per heavy atom. The molecule has 2 heterocycles. The van der Waals surface area contributed by atoms with E-state index in [9.17, 15) is 9.59 Å². The summed E-state index contributed by atoms with van der Waals surface area (Å²) < 4.78 is 31.4. The second-order valence-corrected chi connectivity index (χ2v) is 12.6. The summed E-state index contributed by atoms with van der Waals surface area (Å²) in [5, 5.41) is 0. The third-order valence-corrected chi connectivity index (χ3v) is 8.73. The normalized spacial score (nSPS) is 14.5. The molecule has 11 heteroatoms. The minimum absolute atomic E-state index is 0.0715. The van der Waals surface area contributed by atoms with Crippen molar-refractivity contribution in [2.24, 2.45) is 4.99 Å². The van der Waals surface area contributed by atoms with Crippen LogP contribution >= 0.6 is 27.3 Å². The number of carbonyl (C=O) groups excluding carboxylic acids is 1. The first-order valence-corrected chi connectivity index (χ1v) is 16.3. The van der Waals surface area contributed by atoms with Crippen molar-refractivity contribution in [2.45, 2.75) is 46.4 Å². The molecule has 46 heavy (non-hydrogen) atoms. The molecule has 0 spiro atoms. The number of ether oxygens (including phenoxy) is 5. The largest absolute Gasteiger partial charge is 0.493 e. The Morgan fingerprint density at radius 3 is 2.46 bits per heavy atom. The van der Waals surface area contributed by atoms with Crippen LogP contribution in [0.1, 0.15) is 50.4 Å². The van der Waals surface area contributed by atoms with Crippen molar-refractivity contribution in [3.63, 3.8) is 0 Å². The van der Waals surface area contributed by atoms with Crippen LogP contribution in [-0.4, -0.2) is 37.5 Å². The third-order valence-electron chi connectivity index (χ3n) is 7.16. The standard InChI is InChI=1S/C35H35BrN2O7S/c1-7-43-34(40)30-21(4)37-35-38(31(30)24-13-14-26(45-20(2)3)27(18-24)41-5)33(39)29(46-35)17-23-15-25(36)32(28(16-23)42-6)44-19-22-11-9-8-10-12-22/h8-18,20,31H,7,19H2,1-6H3/b29-17-/t31-/m1/s1. The number of esters is 1. The molecule has 1 atom stereocenters. The molecule has 0 amide bonds. The van der Waals surface area contributed by atoms with E-state index in [0.717, 1.165) is 11.1 Å². The van der Waals surface area contributed by atoms with Gasteiger partial charge in [-0.1, -0.05) is 47.7 Å². The zero-order valence-corrected chi connectivity index (χ0v) is 28.9. The van der Waals surface area contributed by atoms with Gasteiger partial charge in [-0.25, -0.2) is 9.79 Å². The van der Waals surface area contributed by atoms with E-state index in [1.807, 2.05) is 62.4 Å². The molecule has 0 saturated heterocycles. The molecule has 3 aromatic carbocycles. The number of hydrogen-bond acceptors (Lipinski definition) is 9. The number of carbonyl (C=O) groups is 1. The minimum Gasteiger partial charge on any atom is -0.493 e. The zero-order chi connectivity index (χ0) is 33.0. The minimum atomic E-state index is -0.797. The van der Waals surface area contributed by atoms with Crippen molar-refractivity contribution in [1.82, 2.24) is 4.57 Å². The number of fused-ring (bicyclic) bond motifs is 1. The Kier molecular flexibility index (Phi) is 10.3. The quantitative estimate of drug-likeness (QED) is 0.178. The maximum atomic E-state index is 14.2. The summed E-state index contributed by atoms with van der Waals surface area (Å²) in [6.45, 7) is 7.89. The lowest BCUT2D eigenvalue weighted by molar-refractivity contribution is -0.139. The molecule has 0 fully saturated rings. The van der Waals surface area contributed by atoms with E-state index in [1.165, 1.54) is 15.9 Å². The average molecular weight is 708 g/mol. The molecule has 0 radical (unpaired) electrons. The van der Waals surface area contributed by atoms with Gasteiger partial charge in [-0.2, -0.15) is 0 Å². The summed E-state index contributed by atoms with van der Waals surface area (Å²) in [4.78, 5) is 32.6. The Morgan fingerprint density at radius 2 is 1.78 bits per heavy atom. The lowest BCUT2D eigenvalue weighted by Crippen LogP contribution is -2.40. The fraction of sp³-hybridized carbons (Fsp3) is 0.286. The van der Waals surface area contributed by atoms with E-state index in [2.05, 4.69) is 20.9 Å². The van der Waals surface area contributed by atoms with E-state index in [4.69, 9.17) is 23.7 Å². The highest BCUT2D eigenvalue weighted by atomic mass is 79.9. The predicted octanol–water partition coefficient (Wildman–Crippen LogP) is 5.94. The smallest absolute Gasteiger partial charge is 0.338 e. The van der Waals surface area contributed by atoms with Crippen LogP contribution in [0.3, 0.4) is 0 Å². The third kappa shape index (κ3) is 6.90. The van der Waals surface area contributed by atoms with Gasteiger partial charge in [0.25, 0.3) is 5.56 Å². The molecule has 9 nitrogen and oxygen atoms in total. The van der Waals surface area contributed by atoms with E-state index in [-0.39, 0.29) is 23.8 Å². The number of benzene rings is 3. The fourth-order valence-electron chi connectivity index (χ4n) is 5.16. The number of hydrogen-bond donors (Lipinski definition) is 0. The lowest BCUT2D eigenvalue weighted by Gasteiger charge is -2.25. The first-order chi connectivity index (χ1) is 22.1. The molecule has 0 saturated carbocycles. The van der Waals surface area contributed by atoms with Gasteiger partial charge in [0.1, 0.15) is 6.61 Å². The molecule has 0 bridgehead atoms. The number of aromatic nitrogens is 1.